The van der Waals surface area contributed by atoms with Crippen LogP contribution in [0.4, 0.5) is 0 Å². The van der Waals surface area contributed by atoms with E-state index in [4.69, 9.17) is 4.11 Å². The van der Waals surface area contributed by atoms with E-state index in [0.717, 1.165) is 0 Å². The van der Waals surface area contributed by atoms with E-state index >= 15 is 0 Å². The first kappa shape index (κ1) is 2.85. The SMILES string of the molecule is [2H]C([2H])([2H])C(C)(C)C(C)=O. The fourth-order valence-corrected chi connectivity index (χ4v) is 0. The molecular weight excluding hydrogens is 88.1 g/mol. The van der Waals surface area contributed by atoms with Gasteiger partial charge in [-0.15, -0.1) is 0 Å². The molecule has 1 heteroatoms. The summed E-state index contributed by atoms with van der Waals surface area (Å²) in [5, 5.41) is 0. The highest BCUT2D eigenvalue weighted by Crippen LogP contribution is 2.12. The summed E-state index contributed by atoms with van der Waals surface area (Å²) in [7, 11) is 0. The smallest absolute Gasteiger partial charge is 0.135 e. The highest BCUT2D eigenvalue weighted by molar-refractivity contribution is 5.80. The number of ketones is 1. The lowest BCUT2D eigenvalue weighted by molar-refractivity contribution is -0.124. The highest BCUT2D eigenvalue weighted by atomic mass is 16.1. The van der Waals surface area contributed by atoms with Gasteiger partial charge in [0.05, 0.1) is 0 Å². The van der Waals surface area contributed by atoms with Crippen LogP contribution in [0.1, 0.15) is 31.7 Å². The van der Waals surface area contributed by atoms with Crippen molar-refractivity contribution in [3.05, 3.63) is 0 Å². The molecule has 0 unspecified atom stereocenters. The molecule has 0 N–H and O–H groups in total. The largest absolute Gasteiger partial charge is 0.299 e. The Morgan fingerprint density at radius 2 is 2.14 bits per heavy atom. The molecule has 0 aromatic carbocycles. The van der Waals surface area contributed by atoms with Crippen molar-refractivity contribution in [3.8, 4) is 0 Å². The Hall–Kier alpha value is -0.330. The molecule has 0 aliphatic rings. The van der Waals surface area contributed by atoms with Crippen molar-refractivity contribution in [2.24, 2.45) is 5.41 Å². The van der Waals surface area contributed by atoms with Crippen molar-refractivity contribution in [2.75, 3.05) is 0 Å². The van der Waals surface area contributed by atoms with Gasteiger partial charge in [-0.1, -0.05) is 20.7 Å². The van der Waals surface area contributed by atoms with Crippen molar-refractivity contribution in [3.63, 3.8) is 0 Å². The maximum atomic E-state index is 10.8. The number of rotatable bonds is 0. The third-order valence-corrected chi connectivity index (χ3v) is 0.880. The van der Waals surface area contributed by atoms with Gasteiger partial charge in [0.15, 0.2) is 0 Å². The van der Waals surface area contributed by atoms with Crippen LogP contribution in [-0.4, -0.2) is 5.78 Å². The Kier molecular flexibility index (Phi) is 0.670. The van der Waals surface area contributed by atoms with Crippen LogP contribution < -0.4 is 0 Å². The third-order valence-electron chi connectivity index (χ3n) is 0.880. The monoisotopic (exact) mass is 103 g/mol. The minimum atomic E-state index is -2.18. The molecule has 7 heavy (non-hydrogen) atoms. The number of carbonyl (C=O) groups is 1. The zero-order chi connectivity index (χ0) is 8.58. The molecule has 0 atom stereocenters. The van der Waals surface area contributed by atoms with E-state index in [2.05, 4.69) is 0 Å². The van der Waals surface area contributed by atoms with E-state index in [1.807, 2.05) is 0 Å². The summed E-state index contributed by atoms with van der Waals surface area (Å²) in [5.41, 5.74) is -1.20. The van der Waals surface area contributed by atoms with Crippen LogP contribution >= 0.6 is 0 Å². The van der Waals surface area contributed by atoms with Gasteiger partial charge in [-0.05, 0) is 6.92 Å². The van der Waals surface area contributed by atoms with E-state index in [-0.39, 0.29) is 5.78 Å². The molecular formula is C6H12O. The van der Waals surface area contributed by atoms with Crippen molar-refractivity contribution >= 4 is 5.78 Å². The standard InChI is InChI=1S/C6H12O/c1-5(7)6(2,3)4/h1-4H3/i2D3. The second-order valence-corrected chi connectivity index (χ2v) is 2.18. The maximum absolute atomic E-state index is 10.8. The van der Waals surface area contributed by atoms with E-state index in [9.17, 15) is 4.79 Å². The van der Waals surface area contributed by atoms with Gasteiger partial charge in [0.25, 0.3) is 0 Å². The van der Waals surface area contributed by atoms with Gasteiger partial charge in [-0.2, -0.15) is 0 Å². The van der Waals surface area contributed by atoms with Gasteiger partial charge < -0.3 is 0 Å². The number of hydrogen-bond acceptors (Lipinski definition) is 1. The van der Waals surface area contributed by atoms with E-state index < -0.39 is 12.3 Å². The molecule has 0 aromatic rings. The summed E-state index contributed by atoms with van der Waals surface area (Å²) < 4.78 is 20.9. The topological polar surface area (TPSA) is 17.1 Å². The quantitative estimate of drug-likeness (QED) is 0.455. The molecule has 0 rings (SSSR count). The molecule has 0 radical (unpaired) electrons. The average Bonchev–Trinajstić information content (AvgIpc) is 1.62. The molecule has 0 heterocycles. The van der Waals surface area contributed by atoms with E-state index in [1.54, 1.807) is 0 Å². The Bertz CT molecular complexity index is 146. The lowest BCUT2D eigenvalue weighted by Gasteiger charge is -2.11. The van der Waals surface area contributed by atoms with Crippen molar-refractivity contribution in [1.29, 1.82) is 0 Å². The van der Waals surface area contributed by atoms with E-state index in [0.29, 0.717) is 0 Å². The summed E-state index contributed by atoms with van der Waals surface area (Å²) >= 11 is 0. The Morgan fingerprint density at radius 3 is 2.14 bits per heavy atom. The van der Waals surface area contributed by atoms with Crippen molar-refractivity contribution in [2.45, 2.75) is 27.6 Å². The molecule has 0 aliphatic heterocycles. The molecule has 0 bridgehead atoms. The molecule has 0 saturated carbocycles. The normalized spacial score (nSPS) is 19.6. The number of Topliss-reactive ketones (excluding diaryl/α,β-unsaturated/α-hetero) is 1. The summed E-state index contributed by atoms with van der Waals surface area (Å²) in [6.45, 7) is 1.98. The Balaban J connectivity index is 4.57. The first-order chi connectivity index (χ1) is 4.19. The molecule has 0 aromatic heterocycles. The minimum absolute atomic E-state index is 0.299. The number of carbonyl (C=O) groups excluding carboxylic acids is 1. The fraction of sp³-hybridized carbons (Fsp3) is 0.833. The molecule has 1 nitrogen and oxygen atoms in total. The second kappa shape index (κ2) is 1.65. The first-order valence-corrected chi connectivity index (χ1v) is 2.20. The predicted octanol–water partition coefficient (Wildman–Crippen LogP) is 1.62. The predicted molar refractivity (Wildman–Crippen MR) is 30.1 cm³/mol. The van der Waals surface area contributed by atoms with Gasteiger partial charge in [0.2, 0.25) is 0 Å². The summed E-state index contributed by atoms with van der Waals surface area (Å²) in [6.07, 6.45) is 0. The van der Waals surface area contributed by atoms with Crippen molar-refractivity contribution in [1.82, 2.24) is 0 Å². The lowest BCUT2D eigenvalue weighted by atomic mass is 9.92. The molecule has 0 saturated heterocycles. The van der Waals surface area contributed by atoms with Crippen molar-refractivity contribution < 1.29 is 8.91 Å². The fourth-order valence-electron chi connectivity index (χ4n) is 0. The maximum Gasteiger partial charge on any atom is 0.135 e. The first-order valence-electron chi connectivity index (χ1n) is 3.70. The van der Waals surface area contributed by atoms with Crippen LogP contribution in [0.2, 0.25) is 0 Å². The number of hydrogen-bond donors (Lipinski definition) is 0. The van der Waals surface area contributed by atoms with Crippen LogP contribution in [0.25, 0.3) is 0 Å². The van der Waals surface area contributed by atoms with Crippen LogP contribution in [0, 0.1) is 5.41 Å². The molecule has 0 aliphatic carbocycles. The highest BCUT2D eigenvalue weighted by Gasteiger charge is 2.14. The Morgan fingerprint density at radius 1 is 1.71 bits per heavy atom. The van der Waals surface area contributed by atoms with Crippen LogP contribution in [0.5, 0.6) is 0 Å². The third kappa shape index (κ3) is 2.38. The molecule has 0 spiro atoms. The zero-order valence-electron chi connectivity index (χ0n) is 7.91. The zero-order valence-corrected chi connectivity index (χ0v) is 4.91. The van der Waals surface area contributed by atoms with Gasteiger partial charge in [0, 0.05) is 9.53 Å². The van der Waals surface area contributed by atoms with Crippen LogP contribution in [0.3, 0.4) is 0 Å². The lowest BCUT2D eigenvalue weighted by Crippen LogP contribution is -2.15. The molecule has 0 fully saturated rings. The van der Waals surface area contributed by atoms with Gasteiger partial charge in [0.1, 0.15) is 5.78 Å². The van der Waals surface area contributed by atoms with E-state index in [1.165, 1.54) is 20.8 Å². The minimum Gasteiger partial charge on any atom is -0.299 e. The summed E-state index contributed by atoms with van der Waals surface area (Å²) in [6, 6.07) is 0. The van der Waals surface area contributed by atoms with Crippen LogP contribution in [-0.2, 0) is 4.79 Å². The molecule has 0 amide bonds. The van der Waals surface area contributed by atoms with Gasteiger partial charge in [-0.3, -0.25) is 4.79 Å². The van der Waals surface area contributed by atoms with Gasteiger partial charge in [-0.25, -0.2) is 0 Å². The average molecular weight is 103 g/mol. The van der Waals surface area contributed by atoms with Gasteiger partial charge >= 0.3 is 0 Å². The summed E-state index contributed by atoms with van der Waals surface area (Å²) in [4.78, 5) is 10.8. The van der Waals surface area contributed by atoms with Crippen LogP contribution in [0.15, 0.2) is 0 Å². The summed E-state index contributed by atoms with van der Waals surface area (Å²) in [5.74, 6) is -0.299. The second-order valence-electron chi connectivity index (χ2n) is 2.18. The Labute approximate surface area is 48.9 Å². The molecule has 42 valence electrons.